The molecule has 1 amide bonds. The van der Waals surface area contributed by atoms with Gasteiger partial charge >= 0.3 is 0 Å². The Hall–Kier alpha value is -3.00. The number of hydrogen-bond donors (Lipinski definition) is 1. The lowest BCUT2D eigenvalue weighted by atomic mass is 10.2. The van der Waals surface area contributed by atoms with Gasteiger partial charge in [0.2, 0.25) is 5.91 Å². The fourth-order valence-corrected chi connectivity index (χ4v) is 3.77. The maximum absolute atomic E-state index is 12.4. The van der Waals surface area contributed by atoms with Crippen molar-refractivity contribution in [3.05, 3.63) is 53.9 Å². The van der Waals surface area contributed by atoms with Crippen LogP contribution in [0.4, 0.5) is 5.69 Å². The van der Waals surface area contributed by atoms with Gasteiger partial charge in [-0.25, -0.2) is 0 Å². The first-order valence-corrected chi connectivity index (χ1v) is 9.91. The van der Waals surface area contributed by atoms with E-state index in [2.05, 4.69) is 15.5 Å². The molecule has 2 heterocycles. The maximum Gasteiger partial charge on any atom is 0.234 e. The smallest absolute Gasteiger partial charge is 0.234 e. The predicted molar refractivity (Wildman–Crippen MR) is 108 cm³/mol. The molecule has 0 atom stereocenters. The minimum atomic E-state index is -0.126. The number of benzene rings is 2. The van der Waals surface area contributed by atoms with Crippen molar-refractivity contribution in [2.45, 2.75) is 19.0 Å². The summed E-state index contributed by atoms with van der Waals surface area (Å²) < 4.78 is 13.0. The van der Waals surface area contributed by atoms with E-state index in [0.29, 0.717) is 35.6 Å². The summed E-state index contributed by atoms with van der Waals surface area (Å²) in [5.74, 6) is 2.22. The van der Waals surface area contributed by atoms with E-state index >= 15 is 0 Å². The van der Waals surface area contributed by atoms with Gasteiger partial charge in [-0.15, -0.1) is 10.2 Å². The number of amides is 1. The number of aromatic nitrogens is 3. The third-order valence-electron chi connectivity index (χ3n) is 4.31. The van der Waals surface area contributed by atoms with Gasteiger partial charge in [0, 0.05) is 11.8 Å². The van der Waals surface area contributed by atoms with Crippen LogP contribution in [0.25, 0.3) is 5.69 Å². The molecule has 1 aromatic heterocycles. The van der Waals surface area contributed by atoms with E-state index in [9.17, 15) is 4.79 Å². The van der Waals surface area contributed by atoms with Gasteiger partial charge in [0.15, 0.2) is 16.7 Å². The molecule has 2 aromatic carbocycles. The average Bonchev–Trinajstić information content (AvgIpc) is 3.07. The molecule has 0 saturated carbocycles. The van der Waals surface area contributed by atoms with Crippen molar-refractivity contribution in [3.8, 4) is 17.2 Å². The SMILES string of the molecule is Cc1ccccc1-n1c(C)nnc1SCC(=O)Nc1ccc2c(c1)OCCO2. The molecule has 1 aliphatic heterocycles. The van der Waals surface area contributed by atoms with Crippen molar-refractivity contribution in [2.24, 2.45) is 0 Å². The molecule has 1 aliphatic rings. The Morgan fingerprint density at radius 1 is 1.11 bits per heavy atom. The Balaban J connectivity index is 1.44. The lowest BCUT2D eigenvalue weighted by molar-refractivity contribution is -0.113. The number of nitrogens with one attached hydrogen (secondary N) is 1. The normalized spacial score (nSPS) is 12.6. The van der Waals surface area contributed by atoms with Crippen LogP contribution in [0.1, 0.15) is 11.4 Å². The van der Waals surface area contributed by atoms with Crippen LogP contribution >= 0.6 is 11.8 Å². The molecule has 0 saturated heterocycles. The van der Waals surface area contributed by atoms with Crippen LogP contribution in [-0.2, 0) is 4.79 Å². The topological polar surface area (TPSA) is 78.3 Å². The number of para-hydroxylation sites is 1. The van der Waals surface area contributed by atoms with E-state index in [1.54, 1.807) is 18.2 Å². The third kappa shape index (κ3) is 3.82. The molecule has 1 N–H and O–H groups in total. The minimum Gasteiger partial charge on any atom is -0.486 e. The highest BCUT2D eigenvalue weighted by Gasteiger charge is 2.16. The summed E-state index contributed by atoms with van der Waals surface area (Å²) in [5.41, 5.74) is 2.80. The number of rotatable bonds is 5. The molecule has 0 spiro atoms. The first kappa shape index (κ1) is 18.4. The first-order valence-electron chi connectivity index (χ1n) is 8.92. The van der Waals surface area contributed by atoms with Crippen LogP contribution < -0.4 is 14.8 Å². The van der Waals surface area contributed by atoms with E-state index in [1.807, 2.05) is 42.7 Å². The van der Waals surface area contributed by atoms with Crippen LogP contribution in [0.5, 0.6) is 11.5 Å². The molecule has 7 nitrogen and oxygen atoms in total. The molecule has 0 fully saturated rings. The second kappa shape index (κ2) is 7.93. The van der Waals surface area contributed by atoms with Crippen molar-refractivity contribution < 1.29 is 14.3 Å². The zero-order chi connectivity index (χ0) is 19.5. The van der Waals surface area contributed by atoms with Crippen LogP contribution in [0, 0.1) is 13.8 Å². The monoisotopic (exact) mass is 396 g/mol. The molecule has 0 aliphatic carbocycles. The van der Waals surface area contributed by atoms with Crippen molar-refractivity contribution in [2.75, 3.05) is 24.3 Å². The number of carbonyl (C=O) groups is 1. The van der Waals surface area contributed by atoms with Gasteiger partial charge in [-0.3, -0.25) is 9.36 Å². The Morgan fingerprint density at radius 3 is 2.71 bits per heavy atom. The quantitative estimate of drug-likeness (QED) is 0.666. The summed E-state index contributed by atoms with van der Waals surface area (Å²) in [4.78, 5) is 12.4. The lowest BCUT2D eigenvalue weighted by Crippen LogP contribution is -2.17. The number of ether oxygens (including phenoxy) is 2. The van der Waals surface area contributed by atoms with E-state index in [0.717, 1.165) is 17.1 Å². The largest absolute Gasteiger partial charge is 0.486 e. The highest BCUT2D eigenvalue weighted by Crippen LogP contribution is 2.32. The van der Waals surface area contributed by atoms with Gasteiger partial charge in [0.1, 0.15) is 19.0 Å². The molecule has 144 valence electrons. The molecule has 0 radical (unpaired) electrons. The number of aryl methyl sites for hydroxylation is 2. The molecule has 3 aromatic rings. The summed E-state index contributed by atoms with van der Waals surface area (Å²) in [6, 6.07) is 13.4. The molecule has 4 rings (SSSR count). The van der Waals surface area contributed by atoms with Gasteiger partial charge < -0.3 is 14.8 Å². The molecular formula is C20H20N4O3S. The highest BCUT2D eigenvalue weighted by molar-refractivity contribution is 7.99. The van der Waals surface area contributed by atoms with Crippen molar-refractivity contribution >= 4 is 23.4 Å². The fraction of sp³-hybridized carbons (Fsp3) is 0.250. The molecule has 0 unspecified atom stereocenters. The summed E-state index contributed by atoms with van der Waals surface area (Å²) >= 11 is 1.35. The van der Waals surface area contributed by atoms with Gasteiger partial charge in [-0.05, 0) is 37.6 Å². The van der Waals surface area contributed by atoms with Crippen molar-refractivity contribution in [1.29, 1.82) is 0 Å². The molecule has 28 heavy (non-hydrogen) atoms. The van der Waals surface area contributed by atoms with Gasteiger partial charge in [-0.1, -0.05) is 30.0 Å². The Kier molecular flexibility index (Phi) is 5.21. The molecular weight excluding hydrogens is 376 g/mol. The Morgan fingerprint density at radius 2 is 1.89 bits per heavy atom. The molecule has 0 bridgehead atoms. The third-order valence-corrected chi connectivity index (χ3v) is 5.24. The van der Waals surface area contributed by atoms with Crippen LogP contribution in [-0.4, -0.2) is 39.6 Å². The van der Waals surface area contributed by atoms with E-state index < -0.39 is 0 Å². The highest BCUT2D eigenvalue weighted by atomic mass is 32.2. The zero-order valence-corrected chi connectivity index (χ0v) is 16.5. The Bertz CT molecular complexity index is 1020. The zero-order valence-electron chi connectivity index (χ0n) is 15.6. The van der Waals surface area contributed by atoms with Crippen molar-refractivity contribution in [1.82, 2.24) is 14.8 Å². The van der Waals surface area contributed by atoms with Crippen LogP contribution in [0.3, 0.4) is 0 Å². The number of nitrogens with zero attached hydrogens (tertiary/aromatic N) is 3. The Labute approximate surface area is 167 Å². The average molecular weight is 396 g/mol. The van der Waals surface area contributed by atoms with Gasteiger partial charge in [-0.2, -0.15) is 0 Å². The maximum atomic E-state index is 12.4. The summed E-state index contributed by atoms with van der Waals surface area (Å²) in [6.45, 7) is 4.99. The van der Waals surface area contributed by atoms with E-state index in [4.69, 9.17) is 9.47 Å². The first-order chi connectivity index (χ1) is 13.6. The van der Waals surface area contributed by atoms with Gasteiger partial charge in [0.25, 0.3) is 0 Å². The lowest BCUT2D eigenvalue weighted by Gasteiger charge is -2.19. The summed E-state index contributed by atoms with van der Waals surface area (Å²) in [7, 11) is 0. The number of anilines is 1. The standard InChI is InChI=1S/C20H20N4O3S/c1-13-5-3-4-6-16(13)24-14(2)22-23-20(24)28-12-19(25)21-15-7-8-17-18(11-15)27-10-9-26-17/h3-8,11H,9-10,12H2,1-2H3,(H,21,25). The minimum absolute atomic E-state index is 0.126. The summed E-state index contributed by atoms with van der Waals surface area (Å²) in [6.07, 6.45) is 0. The van der Waals surface area contributed by atoms with Crippen LogP contribution in [0.15, 0.2) is 47.6 Å². The second-order valence-electron chi connectivity index (χ2n) is 6.35. The number of fused-ring (bicyclic) bond motifs is 1. The molecule has 8 heteroatoms. The van der Waals surface area contributed by atoms with E-state index in [-0.39, 0.29) is 11.7 Å². The second-order valence-corrected chi connectivity index (χ2v) is 7.29. The fourth-order valence-electron chi connectivity index (χ4n) is 2.98. The number of hydrogen-bond acceptors (Lipinski definition) is 6. The van der Waals surface area contributed by atoms with E-state index in [1.165, 1.54) is 11.8 Å². The van der Waals surface area contributed by atoms with Crippen LogP contribution in [0.2, 0.25) is 0 Å². The number of thioether (sulfide) groups is 1. The van der Waals surface area contributed by atoms with Gasteiger partial charge in [0.05, 0.1) is 11.4 Å². The van der Waals surface area contributed by atoms with Crippen molar-refractivity contribution in [3.63, 3.8) is 0 Å². The summed E-state index contributed by atoms with van der Waals surface area (Å²) in [5, 5.41) is 12.0. The number of carbonyl (C=O) groups excluding carboxylic acids is 1. The predicted octanol–water partition coefficient (Wildman–Crippen LogP) is 3.39.